The van der Waals surface area contributed by atoms with Gasteiger partial charge in [0.25, 0.3) is 0 Å². The molecule has 2 N–H and O–H groups in total. The highest BCUT2D eigenvalue weighted by Crippen LogP contribution is 2.45. The number of hydrogen-bond donors (Lipinski definition) is 1. The van der Waals surface area contributed by atoms with Crippen LogP contribution in [-0.2, 0) is 4.74 Å². The molecule has 0 saturated heterocycles. The van der Waals surface area contributed by atoms with E-state index >= 15 is 0 Å². The van der Waals surface area contributed by atoms with Crippen molar-refractivity contribution in [2.24, 2.45) is 0 Å². The molecule has 0 spiro atoms. The van der Waals surface area contributed by atoms with Crippen molar-refractivity contribution in [3.8, 4) is 16.9 Å². The molecular formula is C16H19NO3. The van der Waals surface area contributed by atoms with E-state index in [1.54, 1.807) is 0 Å². The molecule has 2 aliphatic rings. The summed E-state index contributed by atoms with van der Waals surface area (Å²) in [7, 11) is 2.85. The second-order valence-electron chi connectivity index (χ2n) is 4.97. The minimum absolute atomic E-state index is 0.368. The number of anilines is 1. The standard InChI is InChI=1S/C16H19NO3/c1-9(2)10-6-5-7-11-12(8-10)14(17)15(19-3)13(11)16(18)20-4/h5-9H,17H2,1-4H3. The van der Waals surface area contributed by atoms with Crippen LogP contribution in [0.5, 0.6) is 5.75 Å². The Hall–Kier alpha value is -2.23. The van der Waals surface area contributed by atoms with Crippen LogP contribution in [0, 0.1) is 0 Å². The molecule has 0 aromatic rings. The molecule has 0 radical (unpaired) electrons. The van der Waals surface area contributed by atoms with E-state index in [-0.39, 0.29) is 0 Å². The third-order valence-corrected chi connectivity index (χ3v) is 3.44. The summed E-state index contributed by atoms with van der Waals surface area (Å²) < 4.78 is 10.1. The minimum Gasteiger partial charge on any atom is -0.494 e. The summed E-state index contributed by atoms with van der Waals surface area (Å²) in [6, 6.07) is 7.82. The van der Waals surface area contributed by atoms with Crippen molar-refractivity contribution in [2.45, 2.75) is 19.8 Å². The number of carbonyl (C=O) groups is 1. The van der Waals surface area contributed by atoms with E-state index in [0.29, 0.717) is 22.9 Å². The number of nitrogen functional groups attached to an aromatic ring is 1. The Bertz CT molecular complexity index is 620. The van der Waals surface area contributed by atoms with Crippen molar-refractivity contribution in [1.29, 1.82) is 0 Å². The maximum Gasteiger partial charge on any atom is 0.342 e. The molecule has 4 nitrogen and oxygen atoms in total. The molecule has 0 aliphatic heterocycles. The first-order chi connectivity index (χ1) is 9.51. The number of carbonyl (C=O) groups excluding carboxylic acids is 1. The summed E-state index contributed by atoms with van der Waals surface area (Å²) >= 11 is 0. The highest BCUT2D eigenvalue weighted by atomic mass is 16.5. The van der Waals surface area contributed by atoms with Crippen molar-refractivity contribution in [2.75, 3.05) is 20.0 Å². The molecule has 2 rings (SSSR count). The summed E-state index contributed by atoms with van der Waals surface area (Å²) in [6.07, 6.45) is 0. The van der Waals surface area contributed by atoms with Crippen molar-refractivity contribution in [3.63, 3.8) is 0 Å². The number of fused-ring (bicyclic) bond motifs is 1. The number of hydrogen-bond acceptors (Lipinski definition) is 4. The molecule has 0 bridgehead atoms. The molecule has 4 heteroatoms. The van der Waals surface area contributed by atoms with Crippen LogP contribution in [0.15, 0.2) is 24.3 Å². The molecule has 0 aromatic carbocycles. The lowest BCUT2D eigenvalue weighted by molar-refractivity contribution is 0.0598. The first-order valence-corrected chi connectivity index (χ1v) is 6.48. The fraction of sp³-hybridized carbons (Fsp3) is 0.312. The molecule has 106 valence electrons. The Morgan fingerprint density at radius 3 is 2.45 bits per heavy atom. The molecule has 0 fully saturated rings. The Balaban J connectivity index is 2.78. The lowest BCUT2D eigenvalue weighted by atomic mass is 10.0. The molecular weight excluding hydrogens is 254 g/mol. The van der Waals surface area contributed by atoms with Gasteiger partial charge < -0.3 is 15.2 Å². The molecule has 0 aromatic heterocycles. The van der Waals surface area contributed by atoms with Crippen LogP contribution in [0.1, 0.15) is 35.7 Å². The highest BCUT2D eigenvalue weighted by molar-refractivity contribution is 6.07. The van der Waals surface area contributed by atoms with E-state index in [1.165, 1.54) is 14.2 Å². The molecule has 0 heterocycles. The fourth-order valence-electron chi connectivity index (χ4n) is 2.33. The predicted molar refractivity (Wildman–Crippen MR) is 79.5 cm³/mol. The summed E-state index contributed by atoms with van der Waals surface area (Å²) in [4.78, 5) is 12.0. The van der Waals surface area contributed by atoms with Crippen LogP contribution in [0.4, 0.5) is 5.69 Å². The van der Waals surface area contributed by atoms with Crippen LogP contribution in [0.3, 0.4) is 0 Å². The zero-order valence-corrected chi connectivity index (χ0v) is 12.2. The zero-order chi connectivity index (χ0) is 14.9. The summed E-state index contributed by atoms with van der Waals surface area (Å²) in [5.41, 5.74) is 9.70. The van der Waals surface area contributed by atoms with Gasteiger partial charge in [-0.3, -0.25) is 0 Å². The minimum atomic E-state index is -0.444. The lowest BCUT2D eigenvalue weighted by Crippen LogP contribution is -2.03. The number of ether oxygens (including phenoxy) is 2. The Morgan fingerprint density at radius 2 is 1.90 bits per heavy atom. The van der Waals surface area contributed by atoms with Gasteiger partial charge in [0.2, 0.25) is 0 Å². The van der Waals surface area contributed by atoms with Gasteiger partial charge in [-0.15, -0.1) is 0 Å². The van der Waals surface area contributed by atoms with Crippen molar-refractivity contribution < 1.29 is 14.3 Å². The van der Waals surface area contributed by atoms with Crippen molar-refractivity contribution >= 4 is 11.7 Å². The van der Waals surface area contributed by atoms with Gasteiger partial charge >= 0.3 is 5.97 Å². The van der Waals surface area contributed by atoms with Gasteiger partial charge in [-0.2, -0.15) is 0 Å². The third kappa shape index (κ3) is 2.18. The van der Waals surface area contributed by atoms with Gasteiger partial charge in [-0.1, -0.05) is 32.0 Å². The number of esters is 1. The van der Waals surface area contributed by atoms with E-state index in [9.17, 15) is 4.79 Å². The number of nitrogens with two attached hydrogens (primary N) is 1. The largest absolute Gasteiger partial charge is 0.494 e. The first-order valence-electron chi connectivity index (χ1n) is 6.48. The van der Waals surface area contributed by atoms with Crippen LogP contribution in [0.2, 0.25) is 0 Å². The molecule has 2 aliphatic carbocycles. The second kappa shape index (κ2) is 5.41. The van der Waals surface area contributed by atoms with Gasteiger partial charge in [0.1, 0.15) is 5.56 Å². The molecule has 20 heavy (non-hydrogen) atoms. The number of methoxy groups -OCH3 is 2. The predicted octanol–water partition coefficient (Wildman–Crippen LogP) is 3.29. The van der Waals surface area contributed by atoms with Crippen molar-refractivity contribution in [1.82, 2.24) is 0 Å². The van der Waals surface area contributed by atoms with Crippen molar-refractivity contribution in [3.05, 3.63) is 35.4 Å². The van der Waals surface area contributed by atoms with Gasteiger partial charge in [-0.25, -0.2) is 4.79 Å². The van der Waals surface area contributed by atoms with E-state index in [0.717, 1.165) is 16.7 Å². The zero-order valence-electron chi connectivity index (χ0n) is 12.2. The normalized spacial score (nSPS) is 10.8. The third-order valence-electron chi connectivity index (χ3n) is 3.44. The van der Waals surface area contributed by atoms with Crippen LogP contribution in [0.25, 0.3) is 11.1 Å². The van der Waals surface area contributed by atoms with Gasteiger partial charge in [0, 0.05) is 11.1 Å². The highest BCUT2D eigenvalue weighted by Gasteiger charge is 2.27. The Kier molecular flexibility index (Phi) is 3.84. The smallest absolute Gasteiger partial charge is 0.342 e. The van der Waals surface area contributed by atoms with E-state index in [1.807, 2.05) is 24.3 Å². The van der Waals surface area contributed by atoms with E-state index in [2.05, 4.69) is 13.8 Å². The summed E-state index contributed by atoms with van der Waals surface area (Å²) in [5, 5.41) is 0. The SMILES string of the molecule is COC(=O)c1c2cccc(C(C)C)cc-2c(N)c1OC. The Labute approximate surface area is 118 Å². The lowest BCUT2D eigenvalue weighted by Gasteiger charge is -2.03. The van der Waals surface area contributed by atoms with E-state index < -0.39 is 5.97 Å². The van der Waals surface area contributed by atoms with Crippen LogP contribution >= 0.6 is 0 Å². The topological polar surface area (TPSA) is 61.5 Å². The van der Waals surface area contributed by atoms with E-state index in [4.69, 9.17) is 15.2 Å². The second-order valence-corrected chi connectivity index (χ2v) is 4.97. The van der Waals surface area contributed by atoms with Crippen LogP contribution < -0.4 is 10.5 Å². The molecule has 0 amide bonds. The average molecular weight is 273 g/mol. The maximum absolute atomic E-state index is 12.0. The molecule has 0 unspecified atom stereocenters. The molecule has 0 atom stereocenters. The van der Waals surface area contributed by atoms with Gasteiger partial charge in [0.05, 0.1) is 19.9 Å². The monoisotopic (exact) mass is 273 g/mol. The summed E-state index contributed by atoms with van der Waals surface area (Å²) in [5.74, 6) is 0.307. The van der Waals surface area contributed by atoms with Gasteiger partial charge in [0.15, 0.2) is 5.75 Å². The molecule has 0 saturated carbocycles. The fourth-order valence-corrected chi connectivity index (χ4v) is 2.33. The maximum atomic E-state index is 12.0. The summed E-state index contributed by atoms with van der Waals surface area (Å²) in [6.45, 7) is 4.22. The average Bonchev–Trinajstić information content (AvgIpc) is 2.59. The first kappa shape index (κ1) is 14.2. The Morgan fingerprint density at radius 1 is 1.20 bits per heavy atom. The van der Waals surface area contributed by atoms with Gasteiger partial charge in [-0.05, 0) is 17.5 Å². The quantitative estimate of drug-likeness (QED) is 0.872. The van der Waals surface area contributed by atoms with Crippen LogP contribution in [-0.4, -0.2) is 20.2 Å². The number of rotatable bonds is 3.